The lowest BCUT2D eigenvalue weighted by Crippen LogP contribution is -2.20. The molecule has 0 radical (unpaired) electrons. The van der Waals surface area contributed by atoms with Gasteiger partial charge in [0.2, 0.25) is 5.43 Å². The van der Waals surface area contributed by atoms with Gasteiger partial charge in [-0.1, -0.05) is 0 Å². The van der Waals surface area contributed by atoms with E-state index in [1.807, 2.05) is 0 Å². The van der Waals surface area contributed by atoms with Crippen molar-refractivity contribution >= 4 is 28.4 Å². The number of nitrogens with one attached hydrogen (secondary N) is 1. The molecule has 1 aliphatic carbocycles. The molecule has 0 atom stereocenters. The van der Waals surface area contributed by atoms with Gasteiger partial charge in [0.25, 0.3) is 0 Å². The molecule has 1 aromatic carbocycles. The van der Waals surface area contributed by atoms with Gasteiger partial charge >= 0.3 is 5.97 Å². The first kappa shape index (κ1) is 25.3. The molecule has 0 fully saturated rings. The third kappa shape index (κ3) is 3.86. The summed E-state index contributed by atoms with van der Waals surface area (Å²) in [4.78, 5) is 35.8. The number of hydrogen-bond donors (Lipinski definition) is 2. The Morgan fingerprint density at radius 1 is 1.21 bits per heavy atom. The summed E-state index contributed by atoms with van der Waals surface area (Å²) < 4.78 is 36.5. The summed E-state index contributed by atoms with van der Waals surface area (Å²) in [6, 6.07) is 2.70. The number of halogens is 2. The molecule has 11 heteroatoms. The van der Waals surface area contributed by atoms with Gasteiger partial charge in [0.1, 0.15) is 11.2 Å². The third-order valence-electron chi connectivity index (χ3n) is 6.76. The Kier molecular flexibility index (Phi) is 6.31. The van der Waals surface area contributed by atoms with Crippen LogP contribution in [-0.4, -0.2) is 60.5 Å². The second-order valence-electron chi connectivity index (χ2n) is 9.20. The second-order valence-corrected chi connectivity index (χ2v) is 9.20. The van der Waals surface area contributed by atoms with Gasteiger partial charge in [-0.05, 0) is 11.6 Å². The van der Waals surface area contributed by atoms with Crippen molar-refractivity contribution in [1.82, 2.24) is 14.5 Å². The summed E-state index contributed by atoms with van der Waals surface area (Å²) in [6.07, 6.45) is 4.75. The molecule has 196 valence electrons. The fraction of sp³-hybridized carbons (Fsp3) is 0.259. The van der Waals surface area contributed by atoms with Gasteiger partial charge in [-0.3, -0.25) is 9.78 Å². The zero-order valence-corrected chi connectivity index (χ0v) is 21.2. The Bertz CT molecular complexity index is 1680. The second kappa shape index (κ2) is 9.49. The number of carbonyl (C=O) groups is 1. The first-order valence-electron chi connectivity index (χ1n) is 11.8. The first-order chi connectivity index (χ1) is 18.2. The molecule has 0 unspecified atom stereocenters. The molecule has 9 nitrogen and oxygen atoms in total. The number of pyridine rings is 3. The molecule has 38 heavy (non-hydrogen) atoms. The van der Waals surface area contributed by atoms with E-state index in [0.717, 1.165) is 6.07 Å². The number of ether oxygens (including phenoxy) is 1. The van der Waals surface area contributed by atoms with Crippen LogP contribution >= 0.6 is 0 Å². The number of rotatable bonds is 7. The van der Waals surface area contributed by atoms with Gasteiger partial charge in [-0.15, -0.1) is 0 Å². The molecule has 3 heterocycles. The number of fused-ring (bicyclic) bond motifs is 4. The monoisotopic (exact) mass is 521 g/mol. The van der Waals surface area contributed by atoms with Crippen LogP contribution in [-0.2, 0) is 17.7 Å². The molecular formula is C27H25F2N5O4. The number of benzene rings is 1. The third-order valence-corrected chi connectivity index (χ3v) is 6.76. The average molecular weight is 522 g/mol. The maximum Gasteiger partial charge on any atom is 0.341 e. The quantitative estimate of drug-likeness (QED) is 0.333. The van der Waals surface area contributed by atoms with Crippen LogP contribution in [0.4, 0.5) is 20.2 Å². The number of carboxylic acid groups (broad SMARTS) is 1. The minimum absolute atomic E-state index is 0.110. The van der Waals surface area contributed by atoms with E-state index in [-0.39, 0.29) is 17.6 Å². The Balaban J connectivity index is 1.79. The highest BCUT2D eigenvalue weighted by atomic mass is 19.2. The van der Waals surface area contributed by atoms with Gasteiger partial charge < -0.3 is 24.6 Å². The van der Waals surface area contributed by atoms with Gasteiger partial charge in [0.05, 0.1) is 23.4 Å². The van der Waals surface area contributed by atoms with Crippen LogP contribution in [0.2, 0.25) is 0 Å². The van der Waals surface area contributed by atoms with E-state index in [4.69, 9.17) is 4.74 Å². The Labute approximate surface area is 216 Å². The van der Waals surface area contributed by atoms with Gasteiger partial charge in [0.15, 0.2) is 11.6 Å². The summed E-state index contributed by atoms with van der Waals surface area (Å²) in [5.74, 6) is -3.28. The van der Waals surface area contributed by atoms with Crippen molar-refractivity contribution in [1.29, 1.82) is 0 Å². The van der Waals surface area contributed by atoms with Crippen LogP contribution in [0.25, 0.3) is 33.3 Å². The first-order valence-corrected chi connectivity index (χ1v) is 11.8. The minimum atomic E-state index is -1.35. The number of methoxy groups -OCH3 is 1. The standard InChI is InChI=1S/C27H25F2N5O4/c1-30-19-9-18(28)23(29)21-14(19)8-20-22(21)24(33(2)3)16(11-31-20)13-7-15-25(35)17(27(36)37)12-34(5-6-38-4)26(15)32-10-13/h7,9-12,30H,5-6,8H2,1-4H3,(H,36,37). The topological polar surface area (TPSA) is 110 Å². The SMILES string of the molecule is CNc1cc(F)c(F)c2c1Cc1ncc(-c3cnc4c(c3)c(=O)c(C(=O)O)cn4CCOC)c(N(C)C)c1-2. The summed E-state index contributed by atoms with van der Waals surface area (Å²) >= 11 is 0. The maximum atomic E-state index is 15.2. The fourth-order valence-corrected chi connectivity index (χ4v) is 5.04. The summed E-state index contributed by atoms with van der Waals surface area (Å²) in [5, 5.41) is 12.7. The Hall–Kier alpha value is -4.38. The lowest BCUT2D eigenvalue weighted by molar-refractivity contribution is 0.0694. The number of aromatic nitrogens is 3. The van der Waals surface area contributed by atoms with E-state index in [9.17, 15) is 19.1 Å². The van der Waals surface area contributed by atoms with Crippen molar-refractivity contribution in [3.63, 3.8) is 0 Å². The van der Waals surface area contributed by atoms with Gasteiger partial charge in [-0.2, -0.15) is 0 Å². The molecule has 0 bridgehead atoms. The van der Waals surface area contributed by atoms with E-state index in [1.165, 1.54) is 13.3 Å². The minimum Gasteiger partial charge on any atom is -0.477 e. The zero-order valence-electron chi connectivity index (χ0n) is 21.2. The normalized spacial score (nSPS) is 11.9. The molecule has 2 N–H and O–H groups in total. The van der Waals surface area contributed by atoms with Crippen molar-refractivity contribution in [2.24, 2.45) is 0 Å². The number of carboxylic acids is 1. The number of aromatic carboxylic acids is 1. The van der Waals surface area contributed by atoms with Crippen molar-refractivity contribution in [3.8, 4) is 22.3 Å². The molecule has 0 amide bonds. The van der Waals surface area contributed by atoms with Gasteiger partial charge in [0, 0.05) is 93.8 Å². The summed E-state index contributed by atoms with van der Waals surface area (Å²) in [5.41, 5.74) is 3.13. The Morgan fingerprint density at radius 3 is 2.63 bits per heavy atom. The largest absolute Gasteiger partial charge is 0.477 e. The van der Waals surface area contributed by atoms with Crippen LogP contribution in [0.15, 0.2) is 35.5 Å². The van der Waals surface area contributed by atoms with Crippen LogP contribution in [0.5, 0.6) is 0 Å². The molecular weight excluding hydrogens is 496 g/mol. The molecule has 0 aliphatic heterocycles. The van der Waals surface area contributed by atoms with Gasteiger partial charge in [-0.25, -0.2) is 18.6 Å². The predicted octanol–water partition coefficient (Wildman–Crippen LogP) is 3.76. The van der Waals surface area contributed by atoms with Crippen molar-refractivity contribution in [3.05, 3.63) is 69.4 Å². The molecule has 0 saturated heterocycles. The number of nitrogens with zero attached hydrogens (tertiary/aromatic N) is 4. The molecule has 3 aromatic heterocycles. The maximum absolute atomic E-state index is 15.2. The highest BCUT2D eigenvalue weighted by molar-refractivity contribution is 5.98. The molecule has 4 aromatic rings. The van der Waals surface area contributed by atoms with Crippen molar-refractivity contribution in [2.75, 3.05) is 45.1 Å². The highest BCUT2D eigenvalue weighted by Gasteiger charge is 2.32. The van der Waals surface area contributed by atoms with Crippen molar-refractivity contribution < 1.29 is 23.4 Å². The van der Waals surface area contributed by atoms with E-state index in [1.54, 1.807) is 49.1 Å². The van der Waals surface area contributed by atoms with E-state index in [2.05, 4.69) is 15.3 Å². The van der Waals surface area contributed by atoms with Crippen LogP contribution < -0.4 is 15.6 Å². The molecule has 5 rings (SSSR count). The lowest BCUT2D eigenvalue weighted by atomic mass is 9.97. The van der Waals surface area contributed by atoms with Crippen molar-refractivity contribution in [2.45, 2.75) is 13.0 Å². The van der Waals surface area contributed by atoms with Crippen LogP contribution in [0.1, 0.15) is 21.6 Å². The Morgan fingerprint density at radius 2 is 1.97 bits per heavy atom. The summed E-state index contributed by atoms with van der Waals surface area (Å²) in [7, 11) is 6.72. The average Bonchev–Trinajstić information content (AvgIpc) is 3.29. The molecule has 0 spiro atoms. The lowest BCUT2D eigenvalue weighted by Gasteiger charge is -2.22. The van der Waals surface area contributed by atoms with Crippen LogP contribution in [0, 0.1) is 11.6 Å². The predicted molar refractivity (Wildman–Crippen MR) is 140 cm³/mol. The fourth-order valence-electron chi connectivity index (χ4n) is 5.04. The van der Waals surface area contributed by atoms with E-state index >= 15 is 4.39 Å². The highest BCUT2D eigenvalue weighted by Crippen LogP contribution is 2.49. The summed E-state index contributed by atoms with van der Waals surface area (Å²) in [6.45, 7) is 0.578. The molecule has 1 aliphatic rings. The molecule has 0 saturated carbocycles. The van der Waals surface area contributed by atoms with Crippen LogP contribution in [0.3, 0.4) is 0 Å². The number of hydrogen-bond acceptors (Lipinski definition) is 7. The number of anilines is 2. The smallest absolute Gasteiger partial charge is 0.341 e. The van der Waals surface area contributed by atoms with E-state index in [0.29, 0.717) is 57.9 Å². The van der Waals surface area contributed by atoms with E-state index < -0.39 is 28.6 Å². The zero-order chi connectivity index (χ0) is 27.3.